The number of hydrogen-bond donors (Lipinski definition) is 1. The van der Waals surface area contributed by atoms with E-state index >= 15 is 0 Å². The maximum absolute atomic E-state index is 9.45. The summed E-state index contributed by atoms with van der Waals surface area (Å²) < 4.78 is 10.7. The molecular weight excluding hydrogens is 264 g/mol. The zero-order chi connectivity index (χ0) is 15.1. The molecule has 0 radical (unpaired) electrons. The predicted octanol–water partition coefficient (Wildman–Crippen LogP) is 2.68. The molecule has 21 heavy (non-hydrogen) atoms. The number of ether oxygens (including phenoxy) is 2. The van der Waals surface area contributed by atoms with Crippen LogP contribution < -0.4 is 10.1 Å². The van der Waals surface area contributed by atoms with Crippen LogP contribution in [0.4, 0.5) is 0 Å². The highest BCUT2D eigenvalue weighted by Crippen LogP contribution is 2.18. The minimum absolute atomic E-state index is 0.263. The van der Waals surface area contributed by atoms with Crippen LogP contribution in [0.5, 0.6) is 5.75 Å². The third-order valence-electron chi connectivity index (χ3n) is 4.06. The molecule has 0 aliphatic carbocycles. The molecule has 4 heteroatoms. The van der Waals surface area contributed by atoms with Gasteiger partial charge in [-0.3, -0.25) is 5.32 Å². The van der Waals surface area contributed by atoms with E-state index in [-0.39, 0.29) is 6.10 Å². The number of benzene rings is 1. The normalized spacial score (nSPS) is 20.7. The number of hydrogen-bond acceptors (Lipinski definition) is 4. The van der Waals surface area contributed by atoms with Crippen molar-refractivity contribution in [3.63, 3.8) is 0 Å². The van der Waals surface area contributed by atoms with Crippen molar-refractivity contribution >= 4 is 0 Å². The Morgan fingerprint density at radius 3 is 2.76 bits per heavy atom. The number of aryl methyl sites for hydroxylation is 1. The average Bonchev–Trinajstić information content (AvgIpc) is 3.05. The molecule has 4 nitrogen and oxygen atoms in total. The van der Waals surface area contributed by atoms with Gasteiger partial charge in [-0.2, -0.15) is 5.26 Å². The lowest BCUT2D eigenvalue weighted by molar-refractivity contribution is 0.104. The van der Waals surface area contributed by atoms with E-state index in [2.05, 4.69) is 23.5 Å². The molecule has 1 aromatic carbocycles. The average molecular weight is 288 g/mol. The molecule has 1 aliphatic rings. The summed E-state index contributed by atoms with van der Waals surface area (Å²) in [5.41, 5.74) is 0.711. The Bertz CT molecular complexity index is 475. The van der Waals surface area contributed by atoms with Crippen molar-refractivity contribution in [3.8, 4) is 11.8 Å². The number of rotatable bonds is 7. The lowest BCUT2D eigenvalue weighted by atomic mass is 9.94. The minimum atomic E-state index is -0.508. The van der Waals surface area contributed by atoms with Crippen LogP contribution in [0, 0.1) is 11.3 Å². The van der Waals surface area contributed by atoms with Gasteiger partial charge in [0, 0.05) is 13.2 Å². The molecule has 0 spiro atoms. The summed E-state index contributed by atoms with van der Waals surface area (Å²) in [4.78, 5) is 0. The van der Waals surface area contributed by atoms with E-state index in [0.717, 1.165) is 44.6 Å². The van der Waals surface area contributed by atoms with E-state index in [1.54, 1.807) is 7.11 Å². The Balaban J connectivity index is 1.83. The first-order valence-electron chi connectivity index (χ1n) is 7.56. The molecule has 0 aromatic heterocycles. The van der Waals surface area contributed by atoms with Crippen molar-refractivity contribution in [3.05, 3.63) is 29.8 Å². The van der Waals surface area contributed by atoms with E-state index in [1.807, 2.05) is 19.1 Å². The highest BCUT2D eigenvalue weighted by Gasteiger charge is 2.25. The maximum atomic E-state index is 9.45. The highest BCUT2D eigenvalue weighted by molar-refractivity contribution is 5.27. The van der Waals surface area contributed by atoms with Crippen molar-refractivity contribution in [2.45, 2.75) is 44.2 Å². The van der Waals surface area contributed by atoms with E-state index < -0.39 is 5.54 Å². The summed E-state index contributed by atoms with van der Waals surface area (Å²) in [6, 6.07) is 10.4. The van der Waals surface area contributed by atoms with Crippen LogP contribution in [-0.4, -0.2) is 31.9 Å². The van der Waals surface area contributed by atoms with Crippen molar-refractivity contribution in [2.24, 2.45) is 0 Å². The SMILES string of the molecule is COc1ccc(CCC(C)(C#N)NCC2CCCO2)cc1. The van der Waals surface area contributed by atoms with E-state index in [1.165, 1.54) is 5.56 Å². The van der Waals surface area contributed by atoms with Gasteiger partial charge in [0.15, 0.2) is 0 Å². The summed E-state index contributed by atoms with van der Waals surface area (Å²) in [6.45, 7) is 3.57. The molecule has 0 saturated carbocycles. The number of nitrogens with zero attached hydrogens (tertiary/aromatic N) is 1. The second-order valence-corrected chi connectivity index (χ2v) is 5.81. The third kappa shape index (κ3) is 4.73. The van der Waals surface area contributed by atoms with Crippen molar-refractivity contribution in [2.75, 3.05) is 20.3 Å². The van der Waals surface area contributed by atoms with Crippen LogP contribution >= 0.6 is 0 Å². The molecule has 1 aromatic rings. The fourth-order valence-corrected chi connectivity index (χ4v) is 2.51. The first-order valence-corrected chi connectivity index (χ1v) is 7.56. The van der Waals surface area contributed by atoms with Gasteiger partial charge in [0.2, 0.25) is 0 Å². The molecule has 2 atom stereocenters. The second kappa shape index (κ2) is 7.44. The Kier molecular flexibility index (Phi) is 5.60. The first kappa shape index (κ1) is 15.8. The maximum Gasteiger partial charge on any atom is 0.118 e. The van der Waals surface area contributed by atoms with Gasteiger partial charge in [0.25, 0.3) is 0 Å². The van der Waals surface area contributed by atoms with Gasteiger partial charge in [-0.25, -0.2) is 0 Å². The summed E-state index contributed by atoms with van der Waals surface area (Å²) in [6.07, 6.45) is 4.13. The number of methoxy groups -OCH3 is 1. The Morgan fingerprint density at radius 2 is 2.19 bits per heavy atom. The molecule has 1 heterocycles. The third-order valence-corrected chi connectivity index (χ3v) is 4.06. The molecule has 114 valence electrons. The summed E-state index contributed by atoms with van der Waals surface area (Å²) >= 11 is 0. The molecule has 0 amide bonds. The Hall–Kier alpha value is -1.57. The van der Waals surface area contributed by atoms with Gasteiger partial charge < -0.3 is 9.47 Å². The number of nitriles is 1. The lowest BCUT2D eigenvalue weighted by Crippen LogP contribution is -2.45. The fourth-order valence-electron chi connectivity index (χ4n) is 2.51. The Labute approximate surface area is 127 Å². The van der Waals surface area contributed by atoms with Crippen molar-refractivity contribution < 1.29 is 9.47 Å². The van der Waals surface area contributed by atoms with E-state index in [9.17, 15) is 5.26 Å². The van der Waals surface area contributed by atoms with Crippen LogP contribution in [0.15, 0.2) is 24.3 Å². The first-order chi connectivity index (χ1) is 10.1. The van der Waals surface area contributed by atoms with Gasteiger partial charge in [0.1, 0.15) is 11.3 Å². The van der Waals surface area contributed by atoms with Crippen molar-refractivity contribution in [1.82, 2.24) is 5.32 Å². The smallest absolute Gasteiger partial charge is 0.118 e. The van der Waals surface area contributed by atoms with E-state index in [4.69, 9.17) is 9.47 Å². The highest BCUT2D eigenvalue weighted by atomic mass is 16.5. The molecule has 1 N–H and O–H groups in total. The molecule has 1 fully saturated rings. The van der Waals surface area contributed by atoms with Gasteiger partial charge in [-0.1, -0.05) is 12.1 Å². The van der Waals surface area contributed by atoms with Crippen molar-refractivity contribution in [1.29, 1.82) is 5.26 Å². The van der Waals surface area contributed by atoms with Crippen LogP contribution in [0.2, 0.25) is 0 Å². The van der Waals surface area contributed by atoms with Crippen LogP contribution in [0.3, 0.4) is 0 Å². The zero-order valence-electron chi connectivity index (χ0n) is 12.9. The minimum Gasteiger partial charge on any atom is -0.497 e. The van der Waals surface area contributed by atoms with Gasteiger partial charge in [0.05, 0.1) is 19.3 Å². The fraction of sp³-hybridized carbons (Fsp3) is 0.588. The number of nitrogens with one attached hydrogen (secondary N) is 1. The monoisotopic (exact) mass is 288 g/mol. The second-order valence-electron chi connectivity index (χ2n) is 5.81. The van der Waals surface area contributed by atoms with Gasteiger partial charge in [-0.05, 0) is 50.3 Å². The van der Waals surface area contributed by atoms with Crippen LogP contribution in [0.25, 0.3) is 0 Å². The molecular formula is C17H24N2O2. The topological polar surface area (TPSA) is 54.3 Å². The van der Waals surface area contributed by atoms with Gasteiger partial charge >= 0.3 is 0 Å². The van der Waals surface area contributed by atoms with Crippen LogP contribution in [0.1, 0.15) is 31.7 Å². The predicted molar refractivity (Wildman–Crippen MR) is 82.3 cm³/mol. The molecule has 2 unspecified atom stereocenters. The molecule has 1 aliphatic heterocycles. The largest absolute Gasteiger partial charge is 0.497 e. The quantitative estimate of drug-likeness (QED) is 0.838. The zero-order valence-corrected chi connectivity index (χ0v) is 12.9. The summed E-state index contributed by atoms with van der Waals surface area (Å²) in [5, 5.41) is 12.8. The summed E-state index contributed by atoms with van der Waals surface area (Å²) in [7, 11) is 1.66. The Morgan fingerprint density at radius 1 is 1.43 bits per heavy atom. The van der Waals surface area contributed by atoms with E-state index in [0.29, 0.717) is 0 Å². The molecule has 2 rings (SSSR count). The van der Waals surface area contributed by atoms with Gasteiger partial charge in [-0.15, -0.1) is 0 Å². The van der Waals surface area contributed by atoms with Crippen LogP contribution in [-0.2, 0) is 11.2 Å². The molecule has 0 bridgehead atoms. The lowest BCUT2D eigenvalue weighted by Gasteiger charge is -2.25. The standard InChI is InChI=1S/C17H24N2O2/c1-17(13-18,19-12-16-4-3-11-21-16)10-9-14-5-7-15(20-2)8-6-14/h5-8,16,19H,3-4,9-12H2,1-2H3. The summed E-state index contributed by atoms with van der Waals surface area (Å²) in [5.74, 6) is 0.860. The molecule has 1 saturated heterocycles.